The smallest absolute Gasteiger partial charge is 0.198 e. The average Bonchev–Trinajstić information content (AvgIpc) is 2.79. The van der Waals surface area contributed by atoms with Crippen molar-refractivity contribution in [1.82, 2.24) is 14.9 Å². The van der Waals surface area contributed by atoms with Gasteiger partial charge < -0.3 is 10.2 Å². The van der Waals surface area contributed by atoms with Gasteiger partial charge in [0.05, 0.1) is 22.6 Å². The summed E-state index contributed by atoms with van der Waals surface area (Å²) in [4.78, 5) is 15.8. The van der Waals surface area contributed by atoms with Gasteiger partial charge in [-0.1, -0.05) is 0 Å². The van der Waals surface area contributed by atoms with E-state index in [0.717, 1.165) is 40.7 Å². The summed E-state index contributed by atoms with van der Waals surface area (Å²) in [6.07, 6.45) is 3.35. The normalized spacial score (nSPS) is 15.0. The maximum atomic E-state index is 4.53. The van der Waals surface area contributed by atoms with Crippen LogP contribution in [-0.2, 0) is 0 Å². The van der Waals surface area contributed by atoms with Crippen LogP contribution in [0.3, 0.4) is 0 Å². The van der Waals surface area contributed by atoms with Crippen LogP contribution in [0.25, 0.3) is 11.0 Å². The van der Waals surface area contributed by atoms with E-state index >= 15 is 0 Å². The quantitative estimate of drug-likeness (QED) is 0.764. The molecule has 1 N–H and O–H groups in total. The highest BCUT2D eigenvalue weighted by Gasteiger charge is 2.14. The molecule has 0 unspecified atom stereocenters. The van der Waals surface area contributed by atoms with Gasteiger partial charge in [-0.3, -0.25) is 15.0 Å². The fourth-order valence-corrected chi connectivity index (χ4v) is 2.21. The molecular weight excluding hydrogens is 246 g/mol. The standard InChI is InChI=1S/C12H13N5S/c1-17-7-6-15-12(17)16-9-3-2-8-10(11(9)18)14-5-4-13-8/h2-5,18H,6-7H2,1H3,(H,15,16). The maximum absolute atomic E-state index is 4.53. The molecule has 5 nitrogen and oxygen atoms in total. The van der Waals surface area contributed by atoms with Gasteiger partial charge in [0.2, 0.25) is 0 Å². The molecule has 0 spiro atoms. The molecule has 6 heteroatoms. The number of likely N-dealkylation sites (N-methyl/N-ethyl adjacent to an activating group) is 1. The molecule has 2 heterocycles. The molecule has 3 rings (SSSR count). The van der Waals surface area contributed by atoms with Crippen molar-refractivity contribution in [2.75, 3.05) is 25.5 Å². The van der Waals surface area contributed by atoms with E-state index in [2.05, 4.69) is 37.8 Å². The molecule has 1 aromatic carbocycles. The molecule has 0 aliphatic carbocycles. The topological polar surface area (TPSA) is 53.4 Å². The second-order valence-electron chi connectivity index (χ2n) is 4.14. The molecule has 18 heavy (non-hydrogen) atoms. The minimum atomic E-state index is 0.795. The van der Waals surface area contributed by atoms with Gasteiger partial charge in [0.1, 0.15) is 5.52 Å². The van der Waals surface area contributed by atoms with Gasteiger partial charge in [0.15, 0.2) is 5.96 Å². The SMILES string of the molecule is CN1CCN=C1Nc1ccc2nccnc2c1S. The maximum Gasteiger partial charge on any atom is 0.198 e. The van der Waals surface area contributed by atoms with E-state index in [1.807, 2.05) is 19.2 Å². The molecule has 1 aliphatic heterocycles. The molecule has 0 fully saturated rings. The fourth-order valence-electron chi connectivity index (χ4n) is 1.91. The lowest BCUT2D eigenvalue weighted by atomic mass is 10.2. The number of anilines is 1. The van der Waals surface area contributed by atoms with Crippen LogP contribution in [0.5, 0.6) is 0 Å². The highest BCUT2D eigenvalue weighted by atomic mass is 32.1. The second kappa shape index (κ2) is 4.45. The number of thiol groups is 1. The molecule has 0 amide bonds. The van der Waals surface area contributed by atoms with E-state index in [4.69, 9.17) is 0 Å². The zero-order valence-corrected chi connectivity index (χ0v) is 10.9. The number of hydrogen-bond acceptors (Lipinski definition) is 6. The van der Waals surface area contributed by atoms with Crippen LogP contribution in [0.4, 0.5) is 5.69 Å². The number of aliphatic imine (C=N–C) groups is 1. The molecule has 0 saturated carbocycles. The zero-order valence-electron chi connectivity index (χ0n) is 9.96. The first-order valence-corrected chi connectivity index (χ1v) is 6.16. The first-order valence-electron chi connectivity index (χ1n) is 5.71. The van der Waals surface area contributed by atoms with Gasteiger partial charge in [-0.2, -0.15) is 0 Å². The predicted molar refractivity (Wildman–Crippen MR) is 75.3 cm³/mol. The van der Waals surface area contributed by atoms with Crippen LogP contribution in [0, 0.1) is 0 Å². The Morgan fingerprint density at radius 1 is 1.28 bits per heavy atom. The minimum absolute atomic E-state index is 0.795. The third-order valence-electron chi connectivity index (χ3n) is 2.92. The molecule has 0 atom stereocenters. The lowest BCUT2D eigenvalue weighted by Gasteiger charge is -2.16. The Balaban J connectivity index is 2.00. The Labute approximate surface area is 110 Å². The molecular formula is C12H13N5S. The van der Waals surface area contributed by atoms with Crippen molar-refractivity contribution in [2.24, 2.45) is 4.99 Å². The third kappa shape index (κ3) is 1.88. The molecule has 0 radical (unpaired) electrons. The number of hydrogen-bond donors (Lipinski definition) is 2. The van der Waals surface area contributed by atoms with Crippen LogP contribution < -0.4 is 5.32 Å². The largest absolute Gasteiger partial charge is 0.344 e. The van der Waals surface area contributed by atoms with Gasteiger partial charge in [0, 0.05) is 26.0 Å². The Hall–Kier alpha value is -1.82. The summed E-state index contributed by atoms with van der Waals surface area (Å²) in [6, 6.07) is 3.88. The van der Waals surface area contributed by atoms with Crippen molar-refractivity contribution in [2.45, 2.75) is 4.90 Å². The summed E-state index contributed by atoms with van der Waals surface area (Å²) in [5.74, 6) is 0.869. The van der Waals surface area contributed by atoms with Crippen molar-refractivity contribution >= 4 is 35.3 Å². The summed E-state index contributed by atoms with van der Waals surface area (Å²) in [7, 11) is 2.01. The highest BCUT2D eigenvalue weighted by molar-refractivity contribution is 7.80. The first kappa shape index (κ1) is 11.3. The number of aromatic nitrogens is 2. The number of benzene rings is 1. The molecule has 0 saturated heterocycles. The van der Waals surface area contributed by atoms with E-state index in [1.54, 1.807) is 12.4 Å². The van der Waals surface area contributed by atoms with Crippen molar-refractivity contribution in [3.8, 4) is 0 Å². The van der Waals surface area contributed by atoms with Crippen LogP contribution >= 0.6 is 12.6 Å². The van der Waals surface area contributed by atoms with Crippen molar-refractivity contribution < 1.29 is 0 Å². The second-order valence-corrected chi connectivity index (χ2v) is 4.58. The van der Waals surface area contributed by atoms with E-state index in [1.165, 1.54) is 0 Å². The highest BCUT2D eigenvalue weighted by Crippen LogP contribution is 2.27. The Bertz CT molecular complexity index is 625. The number of guanidine groups is 1. The lowest BCUT2D eigenvalue weighted by Crippen LogP contribution is -2.29. The molecule has 1 aliphatic rings. The number of nitrogens with one attached hydrogen (secondary N) is 1. The molecule has 2 aromatic rings. The van der Waals surface area contributed by atoms with E-state index < -0.39 is 0 Å². The monoisotopic (exact) mass is 259 g/mol. The van der Waals surface area contributed by atoms with Gasteiger partial charge in [0.25, 0.3) is 0 Å². The Morgan fingerprint density at radius 3 is 2.89 bits per heavy atom. The molecule has 1 aromatic heterocycles. The van der Waals surface area contributed by atoms with Crippen LogP contribution in [-0.4, -0.2) is 41.0 Å². The van der Waals surface area contributed by atoms with E-state index in [9.17, 15) is 0 Å². The summed E-state index contributed by atoms with van der Waals surface area (Å²) in [5.41, 5.74) is 2.54. The lowest BCUT2D eigenvalue weighted by molar-refractivity contribution is 0.555. The number of rotatable bonds is 1. The third-order valence-corrected chi connectivity index (χ3v) is 3.37. The van der Waals surface area contributed by atoms with E-state index in [-0.39, 0.29) is 0 Å². The van der Waals surface area contributed by atoms with Crippen molar-refractivity contribution in [3.05, 3.63) is 24.5 Å². The Kier molecular flexibility index (Phi) is 2.79. The van der Waals surface area contributed by atoms with Crippen LogP contribution in [0.15, 0.2) is 34.4 Å². The predicted octanol–water partition coefficient (Wildman–Crippen LogP) is 1.63. The van der Waals surface area contributed by atoms with Crippen molar-refractivity contribution in [3.63, 3.8) is 0 Å². The first-order chi connectivity index (χ1) is 8.75. The van der Waals surface area contributed by atoms with Crippen LogP contribution in [0.2, 0.25) is 0 Å². The summed E-state index contributed by atoms with van der Waals surface area (Å²) >= 11 is 4.53. The minimum Gasteiger partial charge on any atom is -0.344 e. The number of fused-ring (bicyclic) bond motifs is 1. The number of nitrogens with zero attached hydrogens (tertiary/aromatic N) is 4. The summed E-state index contributed by atoms with van der Waals surface area (Å²) in [6.45, 7) is 1.77. The average molecular weight is 259 g/mol. The van der Waals surface area contributed by atoms with Gasteiger partial charge in [-0.25, -0.2) is 0 Å². The van der Waals surface area contributed by atoms with E-state index in [0.29, 0.717) is 0 Å². The Morgan fingerprint density at radius 2 is 2.11 bits per heavy atom. The van der Waals surface area contributed by atoms with Gasteiger partial charge in [-0.05, 0) is 12.1 Å². The van der Waals surface area contributed by atoms with Gasteiger partial charge in [-0.15, -0.1) is 12.6 Å². The molecule has 0 bridgehead atoms. The van der Waals surface area contributed by atoms with Crippen LogP contribution in [0.1, 0.15) is 0 Å². The molecule has 92 valence electrons. The zero-order chi connectivity index (χ0) is 12.5. The van der Waals surface area contributed by atoms with Gasteiger partial charge >= 0.3 is 0 Å². The summed E-state index contributed by atoms with van der Waals surface area (Å²) < 4.78 is 0. The fraction of sp³-hybridized carbons (Fsp3) is 0.250. The summed E-state index contributed by atoms with van der Waals surface area (Å²) in [5, 5.41) is 3.28. The van der Waals surface area contributed by atoms with Crippen molar-refractivity contribution in [1.29, 1.82) is 0 Å².